The molecule has 0 spiro atoms. The van der Waals surface area contributed by atoms with Crippen molar-refractivity contribution in [1.29, 1.82) is 0 Å². The number of benzene rings is 2. The third-order valence-electron chi connectivity index (χ3n) is 4.71. The van der Waals surface area contributed by atoms with Crippen molar-refractivity contribution in [3.8, 4) is 0 Å². The predicted octanol–water partition coefficient (Wildman–Crippen LogP) is 3.83. The van der Waals surface area contributed by atoms with Gasteiger partial charge in [-0.05, 0) is 68.2 Å². The van der Waals surface area contributed by atoms with Gasteiger partial charge in [0.1, 0.15) is 0 Å². The van der Waals surface area contributed by atoms with Crippen molar-refractivity contribution in [2.24, 2.45) is 5.92 Å². The Labute approximate surface area is 128 Å². The summed E-state index contributed by atoms with van der Waals surface area (Å²) in [6.07, 6.45) is 2.70. The van der Waals surface area contributed by atoms with Crippen molar-refractivity contribution < 1.29 is 0 Å². The number of nitrogens with one attached hydrogen (secondary N) is 1. The van der Waals surface area contributed by atoms with Crippen molar-refractivity contribution in [2.75, 3.05) is 26.7 Å². The van der Waals surface area contributed by atoms with Gasteiger partial charge in [0.25, 0.3) is 0 Å². The number of fused-ring (bicyclic) bond motifs is 1. The average molecular weight is 282 g/mol. The Morgan fingerprint density at radius 1 is 1.19 bits per heavy atom. The smallest absolute Gasteiger partial charge is 0.0292 e. The van der Waals surface area contributed by atoms with Crippen LogP contribution in [0.1, 0.15) is 31.4 Å². The third-order valence-corrected chi connectivity index (χ3v) is 4.71. The second-order valence-electron chi connectivity index (χ2n) is 6.51. The zero-order valence-corrected chi connectivity index (χ0v) is 13.2. The Bertz CT molecular complexity index is 593. The summed E-state index contributed by atoms with van der Waals surface area (Å²) in [7, 11) is 2.24. The van der Waals surface area contributed by atoms with Crippen LogP contribution in [0.25, 0.3) is 10.8 Å². The Morgan fingerprint density at radius 2 is 2.00 bits per heavy atom. The lowest BCUT2D eigenvalue weighted by molar-refractivity contribution is 0.203. The minimum atomic E-state index is 0.418. The fourth-order valence-corrected chi connectivity index (χ4v) is 3.38. The summed E-state index contributed by atoms with van der Waals surface area (Å²) < 4.78 is 0. The van der Waals surface area contributed by atoms with E-state index in [-0.39, 0.29) is 0 Å². The van der Waals surface area contributed by atoms with Gasteiger partial charge >= 0.3 is 0 Å². The van der Waals surface area contributed by atoms with Crippen LogP contribution in [0.5, 0.6) is 0 Å². The molecule has 2 unspecified atom stereocenters. The van der Waals surface area contributed by atoms with Gasteiger partial charge in [0, 0.05) is 12.6 Å². The summed E-state index contributed by atoms with van der Waals surface area (Å²) in [4.78, 5) is 2.45. The monoisotopic (exact) mass is 282 g/mol. The highest BCUT2D eigenvalue weighted by atomic mass is 15.1. The minimum absolute atomic E-state index is 0.418. The number of piperidine rings is 1. The second-order valence-corrected chi connectivity index (χ2v) is 6.51. The molecule has 21 heavy (non-hydrogen) atoms. The zero-order valence-electron chi connectivity index (χ0n) is 13.2. The van der Waals surface area contributed by atoms with E-state index in [0.29, 0.717) is 6.04 Å². The Balaban J connectivity index is 1.62. The molecule has 1 heterocycles. The van der Waals surface area contributed by atoms with Crippen molar-refractivity contribution in [3.05, 3.63) is 48.0 Å². The number of likely N-dealkylation sites (tertiary alicyclic amines) is 1. The van der Waals surface area contributed by atoms with E-state index in [4.69, 9.17) is 0 Å². The van der Waals surface area contributed by atoms with Crippen LogP contribution >= 0.6 is 0 Å². The summed E-state index contributed by atoms with van der Waals surface area (Å²) in [6.45, 7) is 5.89. The van der Waals surface area contributed by atoms with Crippen LogP contribution in [0.15, 0.2) is 42.5 Å². The highest BCUT2D eigenvalue weighted by molar-refractivity contribution is 5.83. The molecule has 0 aromatic heterocycles. The second kappa shape index (κ2) is 6.59. The number of hydrogen-bond donors (Lipinski definition) is 1. The molecular formula is C19H26N2. The Kier molecular flexibility index (Phi) is 4.57. The first kappa shape index (κ1) is 14.6. The molecule has 0 amide bonds. The molecule has 2 heteroatoms. The molecule has 1 aliphatic rings. The molecule has 0 bridgehead atoms. The zero-order chi connectivity index (χ0) is 14.7. The van der Waals surface area contributed by atoms with E-state index in [9.17, 15) is 0 Å². The van der Waals surface area contributed by atoms with Crippen LogP contribution in [0, 0.1) is 5.92 Å². The van der Waals surface area contributed by atoms with Crippen LogP contribution in [0.4, 0.5) is 0 Å². The van der Waals surface area contributed by atoms with Gasteiger partial charge in [-0.1, -0.05) is 36.4 Å². The van der Waals surface area contributed by atoms with E-state index < -0.39 is 0 Å². The summed E-state index contributed by atoms with van der Waals surface area (Å²) in [5.74, 6) is 0.798. The van der Waals surface area contributed by atoms with Crippen LogP contribution in [0.2, 0.25) is 0 Å². The van der Waals surface area contributed by atoms with Crippen LogP contribution in [-0.2, 0) is 0 Å². The topological polar surface area (TPSA) is 15.3 Å². The fourth-order valence-electron chi connectivity index (χ4n) is 3.38. The number of hydrogen-bond acceptors (Lipinski definition) is 2. The van der Waals surface area contributed by atoms with E-state index >= 15 is 0 Å². The maximum absolute atomic E-state index is 3.73. The van der Waals surface area contributed by atoms with Crippen LogP contribution < -0.4 is 5.32 Å². The van der Waals surface area contributed by atoms with Gasteiger partial charge in [-0.25, -0.2) is 0 Å². The molecule has 2 aromatic rings. The van der Waals surface area contributed by atoms with E-state index in [0.717, 1.165) is 12.5 Å². The van der Waals surface area contributed by atoms with E-state index in [2.05, 4.69) is 66.7 Å². The van der Waals surface area contributed by atoms with E-state index in [1.54, 1.807) is 0 Å². The van der Waals surface area contributed by atoms with Gasteiger partial charge in [-0.3, -0.25) is 0 Å². The predicted molar refractivity (Wildman–Crippen MR) is 90.6 cm³/mol. The molecule has 1 fully saturated rings. The highest BCUT2D eigenvalue weighted by Gasteiger charge is 2.17. The first-order chi connectivity index (χ1) is 10.2. The van der Waals surface area contributed by atoms with E-state index in [1.165, 1.54) is 42.3 Å². The summed E-state index contributed by atoms with van der Waals surface area (Å²) in [5, 5.41) is 6.38. The minimum Gasteiger partial charge on any atom is -0.310 e. The van der Waals surface area contributed by atoms with Crippen molar-refractivity contribution in [1.82, 2.24) is 10.2 Å². The van der Waals surface area contributed by atoms with Gasteiger partial charge in [0.2, 0.25) is 0 Å². The molecule has 0 saturated carbocycles. The summed E-state index contributed by atoms with van der Waals surface area (Å²) in [6, 6.07) is 15.8. The van der Waals surface area contributed by atoms with Gasteiger partial charge in [0.05, 0.1) is 0 Å². The first-order valence-corrected chi connectivity index (χ1v) is 8.13. The molecule has 0 aliphatic carbocycles. The number of rotatable bonds is 4. The Hall–Kier alpha value is -1.38. The molecule has 1 N–H and O–H groups in total. The molecule has 1 aliphatic heterocycles. The van der Waals surface area contributed by atoms with E-state index in [1.807, 2.05) is 0 Å². The first-order valence-electron chi connectivity index (χ1n) is 8.13. The molecule has 2 aromatic carbocycles. The maximum Gasteiger partial charge on any atom is 0.0292 e. The lowest BCUT2D eigenvalue weighted by Gasteiger charge is -2.30. The molecule has 0 radical (unpaired) electrons. The molecule has 2 atom stereocenters. The Morgan fingerprint density at radius 3 is 2.81 bits per heavy atom. The highest BCUT2D eigenvalue weighted by Crippen LogP contribution is 2.21. The average Bonchev–Trinajstić information content (AvgIpc) is 2.52. The third kappa shape index (κ3) is 3.63. The molecule has 2 nitrogen and oxygen atoms in total. The maximum atomic E-state index is 3.73. The largest absolute Gasteiger partial charge is 0.310 e. The quantitative estimate of drug-likeness (QED) is 0.917. The van der Waals surface area contributed by atoms with Crippen molar-refractivity contribution in [2.45, 2.75) is 25.8 Å². The SMILES string of the molecule is CC(NCC1CCCN(C)C1)c1ccc2ccccc2c1. The van der Waals surface area contributed by atoms with Gasteiger partial charge in [-0.2, -0.15) is 0 Å². The fraction of sp³-hybridized carbons (Fsp3) is 0.474. The molecular weight excluding hydrogens is 256 g/mol. The normalized spacial score (nSPS) is 21.5. The van der Waals surface area contributed by atoms with Crippen molar-refractivity contribution >= 4 is 10.8 Å². The lowest BCUT2D eigenvalue weighted by atomic mass is 9.97. The van der Waals surface area contributed by atoms with Crippen molar-refractivity contribution in [3.63, 3.8) is 0 Å². The number of nitrogens with zero attached hydrogens (tertiary/aromatic N) is 1. The molecule has 112 valence electrons. The van der Waals surface area contributed by atoms with Gasteiger partial charge < -0.3 is 10.2 Å². The van der Waals surface area contributed by atoms with Crippen LogP contribution in [-0.4, -0.2) is 31.6 Å². The van der Waals surface area contributed by atoms with Gasteiger partial charge in [0.15, 0.2) is 0 Å². The summed E-state index contributed by atoms with van der Waals surface area (Å²) >= 11 is 0. The molecule has 3 rings (SSSR count). The summed E-state index contributed by atoms with van der Waals surface area (Å²) in [5.41, 5.74) is 1.39. The van der Waals surface area contributed by atoms with Gasteiger partial charge in [-0.15, -0.1) is 0 Å². The lowest BCUT2D eigenvalue weighted by Crippen LogP contribution is -2.37. The van der Waals surface area contributed by atoms with Crippen LogP contribution in [0.3, 0.4) is 0 Å². The standard InChI is InChI=1S/C19H26N2/c1-15(20-13-16-6-5-11-21(2)14-16)18-10-9-17-7-3-4-8-19(17)12-18/h3-4,7-10,12,15-16,20H,5-6,11,13-14H2,1-2H3. The molecule has 1 saturated heterocycles.